The molecule has 0 amide bonds. The number of aromatic nitrogens is 10. The fraction of sp³-hybridized carbons (Fsp3) is 0.360. The highest BCUT2D eigenvalue weighted by Crippen LogP contribution is 2.30. The Bertz CT molecular complexity index is 1610. The molecule has 44 heavy (non-hydrogen) atoms. The Balaban J connectivity index is 0.000000182. The molecule has 234 valence electrons. The van der Waals surface area contributed by atoms with E-state index in [4.69, 9.17) is 5.11 Å². The molecule has 19 heteroatoms. The molecule has 2 aliphatic heterocycles. The molecule has 3 N–H and O–H groups in total. The molecule has 15 nitrogen and oxygen atoms in total. The SMILES string of the molecule is CNC1CN(c2ncc(-c3cccs3)n3nnnc23)C1.CNC1CN(c2ncc(-c3cccs3)n3nnnc23)C1.CO.Cl.Cl. The third-order valence-corrected chi connectivity index (χ3v) is 8.92. The van der Waals surface area contributed by atoms with Gasteiger partial charge in [0.25, 0.3) is 0 Å². The summed E-state index contributed by atoms with van der Waals surface area (Å²) in [6.07, 6.45) is 3.69. The van der Waals surface area contributed by atoms with Gasteiger partial charge in [-0.2, -0.15) is 9.03 Å². The van der Waals surface area contributed by atoms with Crippen molar-refractivity contribution in [3.8, 4) is 21.1 Å². The van der Waals surface area contributed by atoms with Crippen molar-refractivity contribution in [1.82, 2.24) is 60.7 Å². The Kier molecular flexibility index (Phi) is 11.3. The van der Waals surface area contributed by atoms with E-state index in [1.165, 1.54) is 0 Å². The monoisotopic (exact) mass is 678 g/mol. The highest BCUT2D eigenvalue weighted by atomic mass is 35.5. The van der Waals surface area contributed by atoms with E-state index < -0.39 is 0 Å². The molecule has 2 saturated heterocycles. The largest absolute Gasteiger partial charge is 0.400 e. The van der Waals surface area contributed by atoms with E-state index in [9.17, 15) is 0 Å². The van der Waals surface area contributed by atoms with Crippen LogP contribution >= 0.6 is 47.5 Å². The summed E-state index contributed by atoms with van der Waals surface area (Å²) in [6, 6.07) is 9.15. The second-order valence-corrected chi connectivity index (χ2v) is 11.4. The number of aliphatic hydroxyl groups is 1. The van der Waals surface area contributed by atoms with Gasteiger partial charge in [-0.3, -0.25) is 0 Å². The molecule has 2 fully saturated rings. The van der Waals surface area contributed by atoms with Crippen LogP contribution in [0.15, 0.2) is 47.4 Å². The number of anilines is 2. The molecule has 8 heterocycles. The van der Waals surface area contributed by atoms with Crippen molar-refractivity contribution in [2.24, 2.45) is 0 Å². The summed E-state index contributed by atoms with van der Waals surface area (Å²) in [5.74, 6) is 1.70. The molecule has 0 aromatic carbocycles. The first-order chi connectivity index (χ1) is 20.7. The van der Waals surface area contributed by atoms with Crippen LogP contribution in [0.1, 0.15) is 0 Å². The lowest BCUT2D eigenvalue weighted by molar-refractivity contribution is 0.399. The summed E-state index contributed by atoms with van der Waals surface area (Å²) in [5, 5.41) is 41.6. The van der Waals surface area contributed by atoms with Crippen LogP contribution in [0.2, 0.25) is 0 Å². The normalized spacial score (nSPS) is 14.5. The van der Waals surface area contributed by atoms with Crippen LogP contribution in [0.3, 0.4) is 0 Å². The van der Waals surface area contributed by atoms with Gasteiger partial charge < -0.3 is 25.5 Å². The van der Waals surface area contributed by atoms with Crippen LogP contribution in [0.4, 0.5) is 11.6 Å². The minimum atomic E-state index is 0. The first-order valence-corrected chi connectivity index (χ1v) is 15.0. The maximum atomic E-state index is 7.00. The molecule has 0 bridgehead atoms. The summed E-state index contributed by atoms with van der Waals surface area (Å²) in [7, 11) is 4.95. The Morgan fingerprint density at radius 1 is 0.705 bits per heavy atom. The van der Waals surface area contributed by atoms with Crippen LogP contribution in [-0.2, 0) is 0 Å². The van der Waals surface area contributed by atoms with Crippen LogP contribution in [-0.4, -0.2) is 115 Å². The molecule has 0 unspecified atom stereocenters. The predicted octanol–water partition coefficient (Wildman–Crippen LogP) is 1.76. The number of halogens is 2. The van der Waals surface area contributed by atoms with E-state index >= 15 is 0 Å². The minimum absolute atomic E-state index is 0. The van der Waals surface area contributed by atoms with E-state index in [1.807, 2.05) is 61.5 Å². The highest BCUT2D eigenvalue weighted by Gasteiger charge is 2.30. The Morgan fingerprint density at radius 2 is 1.11 bits per heavy atom. The van der Waals surface area contributed by atoms with E-state index in [2.05, 4.69) is 61.5 Å². The third-order valence-electron chi connectivity index (χ3n) is 7.14. The molecule has 0 aliphatic carbocycles. The molecule has 6 aromatic heterocycles. The number of aliphatic hydroxyl groups excluding tert-OH is 1. The van der Waals surface area contributed by atoms with E-state index in [0.29, 0.717) is 23.4 Å². The van der Waals surface area contributed by atoms with Gasteiger partial charge in [0.05, 0.1) is 22.1 Å². The summed E-state index contributed by atoms with van der Waals surface area (Å²) in [6.45, 7) is 3.74. The third kappa shape index (κ3) is 6.30. The molecule has 0 spiro atoms. The Morgan fingerprint density at radius 3 is 1.45 bits per heavy atom. The number of rotatable bonds is 6. The van der Waals surface area contributed by atoms with Gasteiger partial charge in [-0.15, -0.1) is 57.7 Å². The van der Waals surface area contributed by atoms with Gasteiger partial charge in [0.15, 0.2) is 11.6 Å². The summed E-state index contributed by atoms with van der Waals surface area (Å²) in [4.78, 5) is 15.7. The first-order valence-electron chi connectivity index (χ1n) is 13.2. The highest BCUT2D eigenvalue weighted by molar-refractivity contribution is 7.13. The van der Waals surface area contributed by atoms with Crippen LogP contribution < -0.4 is 20.4 Å². The van der Waals surface area contributed by atoms with Gasteiger partial charge in [-0.25, -0.2) is 9.97 Å². The number of fused-ring (bicyclic) bond motifs is 2. The Hall–Kier alpha value is -3.58. The predicted molar refractivity (Wildman–Crippen MR) is 177 cm³/mol. The van der Waals surface area contributed by atoms with Crippen LogP contribution in [0, 0.1) is 0 Å². The number of tetrazole rings is 2. The zero-order valence-electron chi connectivity index (χ0n) is 24.0. The minimum Gasteiger partial charge on any atom is -0.400 e. The van der Waals surface area contributed by atoms with Gasteiger partial charge >= 0.3 is 0 Å². The van der Waals surface area contributed by atoms with Crippen LogP contribution in [0.5, 0.6) is 0 Å². The molecule has 0 atom stereocenters. The molecule has 0 radical (unpaired) electrons. The molecule has 2 aliphatic rings. The van der Waals surface area contributed by atoms with Crippen molar-refractivity contribution >= 4 is 70.4 Å². The second kappa shape index (κ2) is 14.9. The lowest BCUT2D eigenvalue weighted by atomic mass is 10.1. The number of thiophene rings is 2. The van der Waals surface area contributed by atoms with E-state index in [1.54, 1.807) is 31.7 Å². The first kappa shape index (κ1) is 33.3. The van der Waals surface area contributed by atoms with Crippen molar-refractivity contribution in [3.05, 3.63) is 47.4 Å². The van der Waals surface area contributed by atoms with Crippen molar-refractivity contribution in [3.63, 3.8) is 0 Å². The standard InChI is InChI=1S/2C12H13N7S.CH4O.2ClH/c2*1-13-8-6-18(7-8)11-12-15-16-17-19(12)9(5-14-11)10-3-2-4-20-10;1-2;;/h2*2-5,8,13H,6-7H2,1H3;2H,1H3;2*1H. The van der Waals surface area contributed by atoms with Gasteiger partial charge in [-0.05, 0) is 57.8 Å². The number of nitrogens with one attached hydrogen (secondary N) is 2. The molecule has 8 rings (SSSR count). The van der Waals surface area contributed by atoms with Crippen molar-refractivity contribution < 1.29 is 5.11 Å². The summed E-state index contributed by atoms with van der Waals surface area (Å²) >= 11 is 3.30. The number of likely N-dealkylation sites (N-methyl/N-ethyl adjacent to an activating group) is 2. The summed E-state index contributed by atoms with van der Waals surface area (Å²) in [5.41, 5.74) is 3.28. The lowest BCUT2D eigenvalue weighted by Crippen LogP contribution is -2.57. The molecular weight excluding hydrogens is 647 g/mol. The van der Waals surface area contributed by atoms with Crippen molar-refractivity contribution in [2.75, 3.05) is 57.2 Å². The van der Waals surface area contributed by atoms with E-state index in [-0.39, 0.29) is 24.8 Å². The zero-order chi connectivity index (χ0) is 29.1. The van der Waals surface area contributed by atoms with Crippen molar-refractivity contribution in [2.45, 2.75) is 12.1 Å². The molecule has 0 saturated carbocycles. The lowest BCUT2D eigenvalue weighted by Gasteiger charge is -2.39. The second-order valence-electron chi connectivity index (χ2n) is 9.50. The van der Waals surface area contributed by atoms with Gasteiger partial charge in [0.1, 0.15) is 11.4 Å². The topological polar surface area (TPSA) is 163 Å². The zero-order valence-corrected chi connectivity index (χ0v) is 27.3. The fourth-order valence-electron chi connectivity index (χ4n) is 4.75. The van der Waals surface area contributed by atoms with Gasteiger partial charge in [0, 0.05) is 45.4 Å². The van der Waals surface area contributed by atoms with Crippen molar-refractivity contribution in [1.29, 1.82) is 0 Å². The Labute approximate surface area is 273 Å². The van der Waals surface area contributed by atoms with Gasteiger partial charge in [0.2, 0.25) is 11.3 Å². The number of nitrogens with zero attached hydrogens (tertiary/aromatic N) is 12. The smallest absolute Gasteiger partial charge is 0.222 e. The maximum absolute atomic E-state index is 7.00. The van der Waals surface area contributed by atoms with E-state index in [0.717, 1.165) is 66.1 Å². The fourth-order valence-corrected chi connectivity index (χ4v) is 6.19. The van der Waals surface area contributed by atoms with Gasteiger partial charge in [-0.1, -0.05) is 12.1 Å². The number of hydrogen-bond acceptors (Lipinski definition) is 15. The van der Waals surface area contributed by atoms with Crippen LogP contribution in [0.25, 0.3) is 32.4 Å². The average Bonchev–Trinajstić information content (AvgIpc) is 3.81. The molecule has 6 aromatic rings. The maximum Gasteiger partial charge on any atom is 0.222 e. The summed E-state index contributed by atoms with van der Waals surface area (Å²) < 4.78 is 3.53. The average molecular weight is 680 g/mol. The quantitative estimate of drug-likeness (QED) is 0.234. The number of hydrogen-bond donors (Lipinski definition) is 3. The molecular formula is C25H32Cl2N14OS2.